The van der Waals surface area contributed by atoms with Crippen LogP contribution in [0, 0.1) is 6.92 Å². The monoisotopic (exact) mass is 324 g/mol. The number of amides is 2. The van der Waals surface area contributed by atoms with Crippen LogP contribution in [-0.4, -0.2) is 25.5 Å². The summed E-state index contributed by atoms with van der Waals surface area (Å²) < 4.78 is 5.60. The second-order valence-corrected chi connectivity index (χ2v) is 5.95. The predicted molar refractivity (Wildman–Crippen MR) is 93.5 cm³/mol. The SMILES string of the molecule is Cc1cccc(NC(=O)Cc2ccc3c(c2)N(C)C(=O)CCO3)c1. The van der Waals surface area contributed by atoms with E-state index in [1.165, 1.54) is 0 Å². The molecule has 1 aliphatic heterocycles. The van der Waals surface area contributed by atoms with Gasteiger partial charge in [-0.15, -0.1) is 0 Å². The largest absolute Gasteiger partial charge is 0.491 e. The highest BCUT2D eigenvalue weighted by molar-refractivity contribution is 5.96. The summed E-state index contributed by atoms with van der Waals surface area (Å²) in [6, 6.07) is 13.2. The van der Waals surface area contributed by atoms with E-state index in [9.17, 15) is 9.59 Å². The molecule has 5 heteroatoms. The first-order chi connectivity index (χ1) is 11.5. The minimum Gasteiger partial charge on any atom is -0.491 e. The van der Waals surface area contributed by atoms with Crippen molar-refractivity contribution in [3.63, 3.8) is 0 Å². The molecule has 1 heterocycles. The molecule has 0 saturated heterocycles. The molecule has 0 aliphatic carbocycles. The third-order valence-corrected chi connectivity index (χ3v) is 4.00. The molecule has 0 atom stereocenters. The van der Waals surface area contributed by atoms with Gasteiger partial charge >= 0.3 is 0 Å². The van der Waals surface area contributed by atoms with Gasteiger partial charge in [0.15, 0.2) is 0 Å². The smallest absolute Gasteiger partial charge is 0.230 e. The van der Waals surface area contributed by atoms with Gasteiger partial charge in [-0.1, -0.05) is 18.2 Å². The highest BCUT2D eigenvalue weighted by Crippen LogP contribution is 2.31. The lowest BCUT2D eigenvalue weighted by Crippen LogP contribution is -2.25. The van der Waals surface area contributed by atoms with Crippen LogP contribution in [0.25, 0.3) is 0 Å². The third-order valence-electron chi connectivity index (χ3n) is 4.00. The Hall–Kier alpha value is -2.82. The van der Waals surface area contributed by atoms with Crippen LogP contribution in [0.15, 0.2) is 42.5 Å². The fraction of sp³-hybridized carbons (Fsp3) is 0.263. The number of carbonyl (C=O) groups excluding carboxylic acids is 2. The number of anilines is 2. The lowest BCUT2D eigenvalue weighted by atomic mass is 10.1. The summed E-state index contributed by atoms with van der Waals surface area (Å²) in [5.74, 6) is 0.588. The van der Waals surface area contributed by atoms with Gasteiger partial charge in [0.05, 0.1) is 25.1 Å². The van der Waals surface area contributed by atoms with Crippen LogP contribution in [0.2, 0.25) is 0 Å². The van der Waals surface area contributed by atoms with E-state index in [1.54, 1.807) is 11.9 Å². The van der Waals surface area contributed by atoms with Gasteiger partial charge in [0, 0.05) is 12.7 Å². The lowest BCUT2D eigenvalue weighted by molar-refractivity contribution is -0.118. The number of aryl methyl sites for hydroxylation is 1. The standard InChI is InChI=1S/C19H20N2O3/c1-13-4-3-5-15(10-13)20-18(22)12-14-6-7-17-16(11-14)21(2)19(23)8-9-24-17/h3-7,10-11H,8-9,12H2,1-2H3,(H,20,22). The van der Waals surface area contributed by atoms with Crippen molar-refractivity contribution in [3.05, 3.63) is 53.6 Å². The van der Waals surface area contributed by atoms with Crippen molar-refractivity contribution in [2.45, 2.75) is 19.8 Å². The molecule has 0 aromatic heterocycles. The van der Waals surface area contributed by atoms with E-state index in [1.807, 2.05) is 49.4 Å². The van der Waals surface area contributed by atoms with Crippen molar-refractivity contribution >= 4 is 23.2 Å². The zero-order valence-corrected chi connectivity index (χ0v) is 13.8. The molecule has 0 radical (unpaired) electrons. The number of nitrogens with zero attached hydrogens (tertiary/aromatic N) is 1. The third kappa shape index (κ3) is 3.56. The fourth-order valence-electron chi connectivity index (χ4n) is 2.72. The Balaban J connectivity index is 1.75. The molecule has 0 saturated carbocycles. The minimum absolute atomic E-state index is 0.00936. The molecule has 5 nitrogen and oxygen atoms in total. The van der Waals surface area contributed by atoms with Crippen molar-refractivity contribution in [3.8, 4) is 5.75 Å². The minimum atomic E-state index is -0.0935. The van der Waals surface area contributed by atoms with Crippen molar-refractivity contribution < 1.29 is 14.3 Å². The molecule has 0 fully saturated rings. The number of fused-ring (bicyclic) bond motifs is 1. The first-order valence-electron chi connectivity index (χ1n) is 7.92. The average Bonchev–Trinajstić information content (AvgIpc) is 2.67. The van der Waals surface area contributed by atoms with Gasteiger partial charge in [0.25, 0.3) is 0 Å². The van der Waals surface area contributed by atoms with Crippen molar-refractivity contribution in [2.75, 3.05) is 23.9 Å². The molecule has 124 valence electrons. The summed E-state index contributed by atoms with van der Waals surface area (Å²) in [5.41, 5.74) is 3.42. The summed E-state index contributed by atoms with van der Waals surface area (Å²) in [4.78, 5) is 25.8. The molecule has 1 N–H and O–H groups in total. The highest BCUT2D eigenvalue weighted by atomic mass is 16.5. The maximum atomic E-state index is 12.3. The van der Waals surface area contributed by atoms with E-state index in [4.69, 9.17) is 4.74 Å². The van der Waals surface area contributed by atoms with Crippen LogP contribution in [-0.2, 0) is 16.0 Å². The van der Waals surface area contributed by atoms with E-state index < -0.39 is 0 Å². The van der Waals surface area contributed by atoms with Crippen LogP contribution in [0.5, 0.6) is 5.75 Å². The molecule has 2 amide bonds. The zero-order chi connectivity index (χ0) is 17.1. The molecule has 0 unspecified atom stereocenters. The summed E-state index contributed by atoms with van der Waals surface area (Å²) in [6.45, 7) is 2.36. The number of benzene rings is 2. The Kier molecular flexibility index (Phi) is 4.51. The van der Waals surface area contributed by atoms with E-state index in [0.29, 0.717) is 24.5 Å². The number of rotatable bonds is 3. The quantitative estimate of drug-likeness (QED) is 0.944. The van der Waals surface area contributed by atoms with Gasteiger partial charge in [0.2, 0.25) is 11.8 Å². The number of hydrogen-bond acceptors (Lipinski definition) is 3. The van der Waals surface area contributed by atoms with Crippen molar-refractivity contribution in [1.29, 1.82) is 0 Å². The van der Waals surface area contributed by atoms with Crippen LogP contribution >= 0.6 is 0 Å². The summed E-state index contributed by atoms with van der Waals surface area (Å²) in [5, 5.41) is 2.89. The topological polar surface area (TPSA) is 58.6 Å². The first-order valence-corrected chi connectivity index (χ1v) is 7.92. The second-order valence-electron chi connectivity index (χ2n) is 5.95. The predicted octanol–water partition coefficient (Wildman–Crippen LogP) is 2.92. The Morgan fingerprint density at radius 1 is 1.25 bits per heavy atom. The van der Waals surface area contributed by atoms with Gasteiger partial charge in [-0.3, -0.25) is 9.59 Å². The Morgan fingerprint density at radius 3 is 2.88 bits per heavy atom. The number of nitrogens with one attached hydrogen (secondary N) is 1. The van der Waals surface area contributed by atoms with Crippen molar-refractivity contribution in [2.24, 2.45) is 0 Å². The normalized spacial score (nSPS) is 13.8. The number of carbonyl (C=O) groups is 2. The van der Waals surface area contributed by atoms with E-state index >= 15 is 0 Å². The van der Waals surface area contributed by atoms with Crippen LogP contribution < -0.4 is 15.0 Å². The molecule has 0 bridgehead atoms. The average molecular weight is 324 g/mol. The maximum Gasteiger partial charge on any atom is 0.230 e. The van der Waals surface area contributed by atoms with Gasteiger partial charge in [-0.05, 0) is 42.3 Å². The highest BCUT2D eigenvalue weighted by Gasteiger charge is 2.20. The summed E-state index contributed by atoms with van der Waals surface area (Å²) >= 11 is 0. The van der Waals surface area contributed by atoms with E-state index in [0.717, 1.165) is 16.8 Å². The molecule has 24 heavy (non-hydrogen) atoms. The molecule has 1 aliphatic rings. The lowest BCUT2D eigenvalue weighted by Gasteiger charge is -2.17. The molecular weight excluding hydrogens is 304 g/mol. The summed E-state index contributed by atoms with van der Waals surface area (Å²) in [7, 11) is 1.73. The zero-order valence-electron chi connectivity index (χ0n) is 13.8. The molecule has 0 spiro atoms. The van der Waals surface area contributed by atoms with Gasteiger partial charge in [-0.25, -0.2) is 0 Å². The number of ether oxygens (including phenoxy) is 1. The molecular formula is C19H20N2O3. The Bertz CT molecular complexity index is 786. The second kappa shape index (κ2) is 6.74. The van der Waals surface area contributed by atoms with Gasteiger partial charge in [-0.2, -0.15) is 0 Å². The van der Waals surface area contributed by atoms with Crippen LogP contribution in [0.4, 0.5) is 11.4 Å². The number of hydrogen-bond donors (Lipinski definition) is 1. The molecule has 2 aromatic rings. The van der Waals surface area contributed by atoms with E-state index in [-0.39, 0.29) is 18.2 Å². The Morgan fingerprint density at radius 2 is 2.08 bits per heavy atom. The Labute approximate surface area is 141 Å². The first kappa shape index (κ1) is 16.1. The van der Waals surface area contributed by atoms with Crippen molar-refractivity contribution in [1.82, 2.24) is 0 Å². The maximum absolute atomic E-state index is 12.3. The van der Waals surface area contributed by atoms with Crippen LogP contribution in [0.1, 0.15) is 17.5 Å². The summed E-state index contributed by atoms with van der Waals surface area (Å²) in [6.07, 6.45) is 0.595. The van der Waals surface area contributed by atoms with Gasteiger partial charge in [0.1, 0.15) is 5.75 Å². The molecule has 3 rings (SSSR count). The molecule has 2 aromatic carbocycles. The van der Waals surface area contributed by atoms with E-state index in [2.05, 4.69) is 5.32 Å². The van der Waals surface area contributed by atoms with Gasteiger partial charge < -0.3 is 15.0 Å². The fourth-order valence-corrected chi connectivity index (χ4v) is 2.72. The van der Waals surface area contributed by atoms with Crippen LogP contribution in [0.3, 0.4) is 0 Å².